The van der Waals surface area contributed by atoms with E-state index in [1.54, 1.807) is 0 Å². The lowest BCUT2D eigenvalue weighted by atomic mass is 10.1. The molecular weight excluding hydrogens is 184 g/mol. The summed E-state index contributed by atoms with van der Waals surface area (Å²) in [5, 5.41) is 3.51. The molecule has 0 saturated heterocycles. The van der Waals surface area contributed by atoms with Crippen molar-refractivity contribution in [3.05, 3.63) is 29.6 Å². The van der Waals surface area contributed by atoms with Crippen molar-refractivity contribution in [2.75, 3.05) is 6.54 Å². The number of aromatic nitrogens is 1. The van der Waals surface area contributed by atoms with Crippen molar-refractivity contribution < 1.29 is 0 Å². The minimum absolute atomic E-state index is 0.836. The number of pyridine rings is 1. The molecule has 0 radical (unpaired) electrons. The molecular formula is C13H20N2. The molecule has 0 aromatic carbocycles. The van der Waals surface area contributed by atoms with Crippen LogP contribution in [0, 0.1) is 18.8 Å². The van der Waals surface area contributed by atoms with E-state index in [1.165, 1.54) is 24.0 Å². The molecule has 2 heteroatoms. The summed E-state index contributed by atoms with van der Waals surface area (Å²) in [7, 11) is 0. The van der Waals surface area contributed by atoms with Crippen LogP contribution in [0.1, 0.15) is 30.9 Å². The fourth-order valence-corrected chi connectivity index (χ4v) is 1.99. The zero-order valence-electron chi connectivity index (χ0n) is 9.66. The lowest BCUT2D eigenvalue weighted by Gasteiger charge is -2.11. The van der Waals surface area contributed by atoms with Gasteiger partial charge in [-0.2, -0.15) is 0 Å². The standard InChI is InChI=1S/C13H20N2/c1-10-5-12(8-14-6-10)9-15-7-11(2)13-3-4-13/h5-6,8,11,13,15H,3-4,7,9H2,1-2H3. The maximum absolute atomic E-state index is 4.19. The van der Waals surface area contributed by atoms with Crippen LogP contribution in [0.15, 0.2) is 18.5 Å². The summed E-state index contributed by atoms with van der Waals surface area (Å²) in [5.41, 5.74) is 2.53. The van der Waals surface area contributed by atoms with E-state index in [0.717, 1.165) is 24.9 Å². The number of aryl methyl sites for hydroxylation is 1. The summed E-state index contributed by atoms with van der Waals surface area (Å²) >= 11 is 0. The fraction of sp³-hybridized carbons (Fsp3) is 0.615. The van der Waals surface area contributed by atoms with Crippen LogP contribution in [-0.2, 0) is 6.54 Å². The molecule has 1 unspecified atom stereocenters. The van der Waals surface area contributed by atoms with E-state index in [0.29, 0.717) is 0 Å². The predicted molar refractivity (Wildman–Crippen MR) is 62.6 cm³/mol. The largest absolute Gasteiger partial charge is 0.312 e. The molecule has 1 aromatic heterocycles. The first-order chi connectivity index (χ1) is 7.25. The minimum atomic E-state index is 0.836. The Kier molecular flexibility index (Phi) is 3.37. The topological polar surface area (TPSA) is 24.9 Å². The highest BCUT2D eigenvalue weighted by Gasteiger charge is 2.27. The van der Waals surface area contributed by atoms with Crippen LogP contribution in [-0.4, -0.2) is 11.5 Å². The van der Waals surface area contributed by atoms with Gasteiger partial charge < -0.3 is 5.32 Å². The predicted octanol–water partition coefficient (Wildman–Crippen LogP) is 2.53. The normalized spacial score (nSPS) is 17.7. The Morgan fingerprint density at radius 1 is 1.47 bits per heavy atom. The van der Waals surface area contributed by atoms with Crippen LogP contribution in [0.4, 0.5) is 0 Å². The van der Waals surface area contributed by atoms with Gasteiger partial charge in [0.1, 0.15) is 0 Å². The molecule has 2 rings (SSSR count). The molecule has 0 aliphatic heterocycles. The van der Waals surface area contributed by atoms with Gasteiger partial charge >= 0.3 is 0 Å². The van der Waals surface area contributed by atoms with Gasteiger partial charge in [0.15, 0.2) is 0 Å². The Morgan fingerprint density at radius 3 is 2.93 bits per heavy atom. The van der Waals surface area contributed by atoms with Crippen LogP contribution in [0.2, 0.25) is 0 Å². The maximum atomic E-state index is 4.19. The highest BCUT2D eigenvalue weighted by atomic mass is 14.9. The Hall–Kier alpha value is -0.890. The Bertz CT molecular complexity index is 318. The third-order valence-electron chi connectivity index (χ3n) is 3.15. The van der Waals surface area contributed by atoms with Gasteiger partial charge in [0.2, 0.25) is 0 Å². The van der Waals surface area contributed by atoms with Crippen molar-refractivity contribution in [2.45, 2.75) is 33.2 Å². The van der Waals surface area contributed by atoms with Crippen molar-refractivity contribution in [3.8, 4) is 0 Å². The van der Waals surface area contributed by atoms with Crippen LogP contribution >= 0.6 is 0 Å². The Labute approximate surface area is 92.1 Å². The molecule has 15 heavy (non-hydrogen) atoms. The molecule has 1 N–H and O–H groups in total. The fourth-order valence-electron chi connectivity index (χ4n) is 1.99. The molecule has 0 bridgehead atoms. The lowest BCUT2D eigenvalue weighted by molar-refractivity contribution is 0.461. The quantitative estimate of drug-likeness (QED) is 0.797. The molecule has 1 atom stereocenters. The first kappa shape index (κ1) is 10.6. The van der Waals surface area contributed by atoms with Crippen molar-refractivity contribution >= 4 is 0 Å². The van der Waals surface area contributed by atoms with Gasteiger partial charge in [0.05, 0.1) is 0 Å². The first-order valence-electron chi connectivity index (χ1n) is 5.87. The average Bonchev–Trinajstić information content (AvgIpc) is 3.00. The van der Waals surface area contributed by atoms with Crippen LogP contribution < -0.4 is 5.32 Å². The van der Waals surface area contributed by atoms with E-state index < -0.39 is 0 Å². The van der Waals surface area contributed by atoms with Crippen molar-refractivity contribution in [3.63, 3.8) is 0 Å². The molecule has 1 aliphatic rings. The monoisotopic (exact) mass is 204 g/mol. The summed E-state index contributed by atoms with van der Waals surface area (Å²) in [6.45, 7) is 6.52. The second kappa shape index (κ2) is 4.75. The number of hydrogen-bond donors (Lipinski definition) is 1. The number of rotatable bonds is 5. The van der Waals surface area contributed by atoms with Gasteiger partial charge in [-0.05, 0) is 49.3 Å². The van der Waals surface area contributed by atoms with E-state index in [2.05, 4.69) is 30.2 Å². The molecule has 1 heterocycles. The summed E-state index contributed by atoms with van der Waals surface area (Å²) in [4.78, 5) is 4.19. The number of nitrogens with zero attached hydrogens (tertiary/aromatic N) is 1. The Morgan fingerprint density at radius 2 is 2.27 bits per heavy atom. The maximum Gasteiger partial charge on any atom is 0.0313 e. The van der Waals surface area contributed by atoms with Crippen LogP contribution in [0.5, 0.6) is 0 Å². The van der Waals surface area contributed by atoms with E-state index in [4.69, 9.17) is 0 Å². The minimum Gasteiger partial charge on any atom is -0.312 e. The second-order valence-corrected chi connectivity index (χ2v) is 4.82. The first-order valence-corrected chi connectivity index (χ1v) is 5.87. The summed E-state index contributed by atoms with van der Waals surface area (Å²) < 4.78 is 0. The second-order valence-electron chi connectivity index (χ2n) is 4.82. The lowest BCUT2D eigenvalue weighted by Crippen LogP contribution is -2.21. The Balaban J connectivity index is 1.73. The summed E-state index contributed by atoms with van der Waals surface area (Å²) in [6, 6.07) is 2.20. The zero-order chi connectivity index (χ0) is 10.7. The van der Waals surface area contributed by atoms with Crippen LogP contribution in [0.3, 0.4) is 0 Å². The van der Waals surface area contributed by atoms with Crippen molar-refractivity contribution in [1.82, 2.24) is 10.3 Å². The third kappa shape index (κ3) is 3.31. The van der Waals surface area contributed by atoms with E-state index in [1.807, 2.05) is 12.4 Å². The van der Waals surface area contributed by atoms with Gasteiger partial charge in [-0.1, -0.05) is 13.0 Å². The highest BCUT2D eigenvalue weighted by Crippen LogP contribution is 2.36. The molecule has 1 aromatic rings. The molecule has 82 valence electrons. The number of hydrogen-bond acceptors (Lipinski definition) is 2. The molecule has 1 aliphatic carbocycles. The summed E-state index contributed by atoms with van der Waals surface area (Å²) in [5.74, 6) is 1.83. The van der Waals surface area contributed by atoms with Gasteiger partial charge in [-0.15, -0.1) is 0 Å². The van der Waals surface area contributed by atoms with Gasteiger partial charge in [0.25, 0.3) is 0 Å². The smallest absolute Gasteiger partial charge is 0.0313 e. The molecule has 1 fully saturated rings. The van der Waals surface area contributed by atoms with Crippen molar-refractivity contribution in [1.29, 1.82) is 0 Å². The van der Waals surface area contributed by atoms with E-state index >= 15 is 0 Å². The van der Waals surface area contributed by atoms with Gasteiger partial charge in [-0.25, -0.2) is 0 Å². The van der Waals surface area contributed by atoms with Crippen LogP contribution in [0.25, 0.3) is 0 Å². The van der Waals surface area contributed by atoms with E-state index in [-0.39, 0.29) is 0 Å². The zero-order valence-corrected chi connectivity index (χ0v) is 9.66. The SMILES string of the molecule is Cc1cncc(CNCC(C)C2CC2)c1. The van der Waals surface area contributed by atoms with Crippen molar-refractivity contribution in [2.24, 2.45) is 11.8 Å². The van der Waals surface area contributed by atoms with Gasteiger partial charge in [-0.3, -0.25) is 4.98 Å². The number of nitrogens with one attached hydrogen (secondary N) is 1. The average molecular weight is 204 g/mol. The van der Waals surface area contributed by atoms with Gasteiger partial charge in [0, 0.05) is 18.9 Å². The highest BCUT2D eigenvalue weighted by molar-refractivity contribution is 5.16. The van der Waals surface area contributed by atoms with E-state index in [9.17, 15) is 0 Å². The molecule has 0 spiro atoms. The molecule has 2 nitrogen and oxygen atoms in total. The summed E-state index contributed by atoms with van der Waals surface area (Å²) in [6.07, 6.45) is 6.72. The molecule has 0 amide bonds. The molecule has 1 saturated carbocycles. The third-order valence-corrected chi connectivity index (χ3v) is 3.15.